The molecule has 168 valence electrons. The number of hydrogen-bond donors (Lipinski definition) is 2. The Balaban J connectivity index is 0. The average Bonchev–Trinajstić information content (AvgIpc) is 2.70. The van der Waals surface area contributed by atoms with Crippen LogP contribution in [0.25, 0.3) is 0 Å². The van der Waals surface area contributed by atoms with Crippen LogP contribution in [-0.2, 0) is 21.7 Å². The van der Waals surface area contributed by atoms with E-state index in [0.29, 0.717) is 12.5 Å². The molecule has 0 bridgehead atoms. The summed E-state index contributed by atoms with van der Waals surface area (Å²) in [5, 5.41) is 8.14. The Labute approximate surface area is 189 Å². The molecule has 6 N–H and O–H groups in total. The molecule has 3 fully saturated rings. The van der Waals surface area contributed by atoms with E-state index in [1.807, 2.05) is 13.8 Å². The molecule has 0 aromatic carbocycles. The Hall–Kier alpha value is 0.771. The van der Waals surface area contributed by atoms with Gasteiger partial charge in [-0.2, -0.15) is 0 Å². The first-order valence-electron chi connectivity index (χ1n) is 11.4. The molecule has 0 aromatic rings. The fourth-order valence-electron chi connectivity index (χ4n) is 5.70. The molecule has 3 aliphatic carbocycles. The van der Waals surface area contributed by atoms with Crippen molar-refractivity contribution in [3.63, 3.8) is 0 Å². The standard InChI is InChI=1S/C18H34OSi.C4H10O.2H2O.Ti/c19-20(16-10-4-1-5-11-16,17-12-6-2-7-13-17)18-14-8-3-9-15-18;1-4(2)3-5;;;/h16-19H,1-15H2;4-5H,3H2,1-2H3;2*1H2;. The average molecular weight is 453 g/mol. The third-order valence-corrected chi connectivity index (χ3v) is 12.8. The summed E-state index contributed by atoms with van der Waals surface area (Å²) < 4.78 is 0. The molecule has 3 rings (SSSR count). The van der Waals surface area contributed by atoms with Crippen molar-refractivity contribution in [1.82, 2.24) is 0 Å². The summed E-state index contributed by atoms with van der Waals surface area (Å²) in [6.07, 6.45) is 20.9. The monoisotopic (exact) mass is 452 g/mol. The summed E-state index contributed by atoms with van der Waals surface area (Å²) in [4.78, 5) is 12.0. The van der Waals surface area contributed by atoms with E-state index < -0.39 is 8.32 Å². The summed E-state index contributed by atoms with van der Waals surface area (Å²) >= 11 is 0. The van der Waals surface area contributed by atoms with Gasteiger partial charge in [0.15, 0.2) is 8.32 Å². The fraction of sp³-hybridized carbons (Fsp3) is 1.00. The van der Waals surface area contributed by atoms with Gasteiger partial charge in [0.1, 0.15) is 0 Å². The van der Waals surface area contributed by atoms with Crippen molar-refractivity contribution < 1.29 is 42.6 Å². The van der Waals surface area contributed by atoms with Gasteiger partial charge in [-0.3, -0.25) is 0 Å². The maximum atomic E-state index is 12.0. The van der Waals surface area contributed by atoms with E-state index in [9.17, 15) is 4.80 Å². The summed E-state index contributed by atoms with van der Waals surface area (Å²) in [7, 11) is -2.05. The molecule has 0 aliphatic heterocycles. The van der Waals surface area contributed by atoms with Gasteiger partial charge in [0.05, 0.1) is 0 Å². The Morgan fingerprint density at radius 3 is 1.04 bits per heavy atom. The smallest absolute Gasteiger partial charge is 0.197 e. The molecular weight excluding hydrogens is 404 g/mol. The van der Waals surface area contributed by atoms with Gasteiger partial charge in [0.2, 0.25) is 0 Å². The Morgan fingerprint density at radius 2 is 0.857 bits per heavy atom. The van der Waals surface area contributed by atoms with Crippen molar-refractivity contribution in [2.75, 3.05) is 6.61 Å². The van der Waals surface area contributed by atoms with Gasteiger partial charge >= 0.3 is 0 Å². The van der Waals surface area contributed by atoms with Gasteiger partial charge in [-0.05, 0) is 22.5 Å². The van der Waals surface area contributed by atoms with Crippen LogP contribution in [-0.4, -0.2) is 35.8 Å². The van der Waals surface area contributed by atoms with Crippen LogP contribution >= 0.6 is 0 Å². The molecule has 0 saturated heterocycles. The molecule has 0 heterocycles. The van der Waals surface area contributed by atoms with Crippen molar-refractivity contribution in [3.8, 4) is 0 Å². The van der Waals surface area contributed by atoms with Crippen LogP contribution in [0.1, 0.15) is 110 Å². The molecule has 0 amide bonds. The van der Waals surface area contributed by atoms with E-state index in [2.05, 4.69) is 0 Å². The summed E-state index contributed by atoms with van der Waals surface area (Å²) in [6, 6.07) is 0. The zero-order valence-corrected chi connectivity index (χ0v) is 21.1. The quantitative estimate of drug-likeness (QED) is 0.592. The summed E-state index contributed by atoms with van der Waals surface area (Å²) in [6.45, 7) is 4.25. The second kappa shape index (κ2) is 16.5. The van der Waals surface area contributed by atoms with E-state index in [1.165, 1.54) is 96.3 Å². The largest absolute Gasteiger partial charge is 0.431 e. The van der Waals surface area contributed by atoms with Crippen molar-refractivity contribution in [2.45, 2.75) is 127 Å². The Bertz CT molecular complexity index is 307. The van der Waals surface area contributed by atoms with Gasteiger partial charge in [-0.1, -0.05) is 110 Å². The van der Waals surface area contributed by atoms with Crippen LogP contribution in [0.4, 0.5) is 0 Å². The normalized spacial score (nSPS) is 22.2. The van der Waals surface area contributed by atoms with Gasteiger partial charge < -0.3 is 20.9 Å². The third kappa shape index (κ3) is 8.87. The fourth-order valence-corrected chi connectivity index (χ4v) is 11.7. The number of aliphatic hydroxyl groups excluding tert-OH is 1. The van der Waals surface area contributed by atoms with Crippen molar-refractivity contribution >= 4 is 8.32 Å². The van der Waals surface area contributed by atoms with E-state index in [0.717, 1.165) is 16.6 Å². The van der Waals surface area contributed by atoms with Gasteiger partial charge in [-0.15, -0.1) is 0 Å². The van der Waals surface area contributed by atoms with Crippen molar-refractivity contribution in [1.29, 1.82) is 0 Å². The first kappa shape index (κ1) is 31.0. The minimum Gasteiger partial charge on any atom is -0.431 e. The van der Waals surface area contributed by atoms with E-state index in [4.69, 9.17) is 5.11 Å². The first-order valence-corrected chi connectivity index (χ1v) is 13.6. The second-order valence-corrected chi connectivity index (χ2v) is 13.7. The predicted molar refractivity (Wildman–Crippen MR) is 118 cm³/mol. The molecule has 0 atom stereocenters. The molecule has 0 unspecified atom stereocenters. The predicted octanol–water partition coefficient (Wildman–Crippen LogP) is 4.91. The van der Waals surface area contributed by atoms with E-state index >= 15 is 0 Å². The van der Waals surface area contributed by atoms with Crippen LogP contribution in [0, 0.1) is 5.92 Å². The van der Waals surface area contributed by atoms with E-state index in [-0.39, 0.29) is 32.7 Å². The first-order chi connectivity index (χ1) is 12.1. The minimum atomic E-state index is -2.05. The maximum absolute atomic E-state index is 12.0. The Morgan fingerprint density at radius 1 is 0.643 bits per heavy atom. The van der Waals surface area contributed by atoms with Crippen molar-refractivity contribution in [3.05, 3.63) is 0 Å². The molecule has 3 aliphatic rings. The minimum absolute atomic E-state index is 0. The molecule has 28 heavy (non-hydrogen) atoms. The van der Waals surface area contributed by atoms with Crippen LogP contribution in [0.15, 0.2) is 0 Å². The van der Waals surface area contributed by atoms with Crippen LogP contribution in [0.2, 0.25) is 16.6 Å². The van der Waals surface area contributed by atoms with Gasteiger partial charge in [-0.25, -0.2) is 0 Å². The molecule has 0 spiro atoms. The Kier molecular flexibility index (Phi) is 18.2. The van der Waals surface area contributed by atoms with Crippen LogP contribution < -0.4 is 0 Å². The second-order valence-electron chi connectivity index (χ2n) is 9.47. The SMILES string of the molecule is CC(C)CO.O.O.O[Si](C1CCCCC1)(C1CCCCC1)C1CCCCC1.[Ti]. The molecule has 6 heteroatoms. The van der Waals surface area contributed by atoms with E-state index in [1.54, 1.807) is 0 Å². The topological polar surface area (TPSA) is 103 Å². The number of aliphatic hydroxyl groups is 1. The summed E-state index contributed by atoms with van der Waals surface area (Å²) in [5.74, 6) is 0.440. The molecule has 0 radical (unpaired) electrons. The molecular formula is C22H48O4SiTi. The zero-order valence-electron chi connectivity index (χ0n) is 18.5. The van der Waals surface area contributed by atoms with Gasteiger partial charge in [0, 0.05) is 28.3 Å². The third-order valence-electron chi connectivity index (χ3n) is 7.14. The summed E-state index contributed by atoms with van der Waals surface area (Å²) in [5.41, 5.74) is 2.30. The number of hydrogen-bond acceptors (Lipinski definition) is 2. The molecule has 0 aromatic heterocycles. The van der Waals surface area contributed by atoms with Crippen LogP contribution in [0.3, 0.4) is 0 Å². The zero-order chi connectivity index (χ0) is 18.1. The number of rotatable bonds is 4. The van der Waals surface area contributed by atoms with Crippen LogP contribution in [0.5, 0.6) is 0 Å². The maximum Gasteiger partial charge on any atom is 0.197 e. The molecule has 4 nitrogen and oxygen atoms in total. The van der Waals surface area contributed by atoms with Gasteiger partial charge in [0.25, 0.3) is 0 Å². The molecule has 3 saturated carbocycles. The van der Waals surface area contributed by atoms with Crippen molar-refractivity contribution in [2.24, 2.45) is 5.92 Å².